The molecular formula is C12H19N3O4S. The van der Waals surface area contributed by atoms with E-state index in [2.05, 4.69) is 5.32 Å². The van der Waals surface area contributed by atoms with Crippen LogP contribution in [0, 0.1) is 0 Å². The Morgan fingerprint density at radius 3 is 2.30 bits per heavy atom. The van der Waals surface area contributed by atoms with Crippen molar-refractivity contribution in [1.82, 2.24) is 9.62 Å². The van der Waals surface area contributed by atoms with Crippen LogP contribution < -0.4 is 20.5 Å². The third kappa shape index (κ3) is 2.67. The van der Waals surface area contributed by atoms with Gasteiger partial charge in [0.2, 0.25) is 10.0 Å². The van der Waals surface area contributed by atoms with Gasteiger partial charge in [0.15, 0.2) is 0 Å². The van der Waals surface area contributed by atoms with E-state index >= 15 is 0 Å². The number of nitrogen functional groups attached to an aromatic ring is 1. The number of sulfonamides is 1. The van der Waals surface area contributed by atoms with Gasteiger partial charge >= 0.3 is 0 Å². The first-order chi connectivity index (χ1) is 9.50. The number of benzene rings is 1. The van der Waals surface area contributed by atoms with Crippen LogP contribution in [0.4, 0.5) is 5.69 Å². The summed E-state index contributed by atoms with van der Waals surface area (Å²) >= 11 is 0. The molecule has 0 atom stereocenters. The predicted octanol–water partition coefficient (Wildman–Crippen LogP) is -0.120. The van der Waals surface area contributed by atoms with Crippen LogP contribution in [0.5, 0.6) is 11.5 Å². The topological polar surface area (TPSA) is 93.9 Å². The van der Waals surface area contributed by atoms with Crippen molar-refractivity contribution in [2.45, 2.75) is 4.90 Å². The van der Waals surface area contributed by atoms with E-state index < -0.39 is 10.0 Å². The first-order valence-corrected chi connectivity index (χ1v) is 7.67. The molecule has 0 aromatic heterocycles. The van der Waals surface area contributed by atoms with Crippen molar-refractivity contribution in [3.63, 3.8) is 0 Å². The largest absolute Gasteiger partial charge is 0.495 e. The van der Waals surface area contributed by atoms with Crippen LogP contribution in [-0.2, 0) is 10.0 Å². The van der Waals surface area contributed by atoms with E-state index in [0.29, 0.717) is 37.6 Å². The fourth-order valence-electron chi connectivity index (χ4n) is 2.12. The molecule has 3 N–H and O–H groups in total. The van der Waals surface area contributed by atoms with Crippen LogP contribution in [0.1, 0.15) is 0 Å². The molecule has 0 unspecified atom stereocenters. The van der Waals surface area contributed by atoms with Crippen LogP contribution in [0.15, 0.2) is 17.0 Å². The molecule has 7 nitrogen and oxygen atoms in total. The molecule has 8 heteroatoms. The Labute approximate surface area is 118 Å². The second-order valence-corrected chi connectivity index (χ2v) is 6.31. The predicted molar refractivity (Wildman–Crippen MR) is 75.6 cm³/mol. The quantitative estimate of drug-likeness (QED) is 0.753. The molecule has 0 spiro atoms. The van der Waals surface area contributed by atoms with E-state index in [-0.39, 0.29) is 10.6 Å². The average molecular weight is 301 g/mol. The molecule has 1 aromatic carbocycles. The van der Waals surface area contributed by atoms with Gasteiger partial charge in [-0.2, -0.15) is 4.31 Å². The normalized spacial score (nSPS) is 16.9. The van der Waals surface area contributed by atoms with Crippen molar-refractivity contribution in [2.24, 2.45) is 0 Å². The molecule has 1 aromatic rings. The van der Waals surface area contributed by atoms with Crippen LogP contribution in [0.25, 0.3) is 0 Å². The maximum atomic E-state index is 12.7. The molecule has 20 heavy (non-hydrogen) atoms. The minimum Gasteiger partial charge on any atom is -0.495 e. The Kier molecular flexibility index (Phi) is 4.36. The molecule has 0 bridgehead atoms. The number of hydrogen-bond donors (Lipinski definition) is 2. The third-order valence-electron chi connectivity index (χ3n) is 3.21. The maximum absolute atomic E-state index is 12.7. The van der Waals surface area contributed by atoms with Gasteiger partial charge < -0.3 is 20.5 Å². The van der Waals surface area contributed by atoms with Crippen LogP contribution in [0.2, 0.25) is 0 Å². The molecule has 0 amide bonds. The number of nitrogens with one attached hydrogen (secondary N) is 1. The molecule has 2 rings (SSSR count). The zero-order valence-electron chi connectivity index (χ0n) is 11.5. The number of rotatable bonds is 4. The van der Waals surface area contributed by atoms with Crippen LogP contribution in [-0.4, -0.2) is 53.1 Å². The fraction of sp³-hybridized carbons (Fsp3) is 0.500. The Morgan fingerprint density at radius 1 is 1.15 bits per heavy atom. The number of anilines is 1. The summed E-state index contributed by atoms with van der Waals surface area (Å²) in [4.78, 5) is 0.0768. The highest BCUT2D eigenvalue weighted by molar-refractivity contribution is 7.89. The molecule has 0 saturated carbocycles. The van der Waals surface area contributed by atoms with E-state index in [1.54, 1.807) is 0 Å². The van der Waals surface area contributed by atoms with Crippen molar-refractivity contribution < 1.29 is 17.9 Å². The summed E-state index contributed by atoms with van der Waals surface area (Å²) in [7, 11) is -0.763. The van der Waals surface area contributed by atoms with Gasteiger partial charge in [0, 0.05) is 38.3 Å². The van der Waals surface area contributed by atoms with Gasteiger partial charge in [0.25, 0.3) is 0 Å². The monoisotopic (exact) mass is 301 g/mol. The fourth-order valence-corrected chi connectivity index (χ4v) is 3.71. The molecule has 1 fully saturated rings. The number of nitrogens with two attached hydrogens (primary N) is 1. The maximum Gasteiger partial charge on any atom is 0.246 e. The standard InChI is InChI=1S/C12H19N3O4S/c1-18-10-8-12(11(19-2)7-9(10)13)20(16,17)15-5-3-14-4-6-15/h7-8,14H,3-6,13H2,1-2H3. The third-order valence-corrected chi connectivity index (χ3v) is 5.13. The van der Waals surface area contributed by atoms with Crippen molar-refractivity contribution in [3.8, 4) is 11.5 Å². The number of methoxy groups -OCH3 is 2. The first-order valence-electron chi connectivity index (χ1n) is 6.23. The van der Waals surface area contributed by atoms with Crippen LogP contribution in [0.3, 0.4) is 0 Å². The number of hydrogen-bond acceptors (Lipinski definition) is 6. The molecule has 1 aliphatic rings. The summed E-state index contributed by atoms with van der Waals surface area (Å²) in [5.74, 6) is 0.543. The second-order valence-electron chi connectivity index (χ2n) is 4.40. The highest BCUT2D eigenvalue weighted by Gasteiger charge is 2.29. The smallest absolute Gasteiger partial charge is 0.246 e. The molecule has 1 aliphatic heterocycles. The molecule has 0 aliphatic carbocycles. The Morgan fingerprint density at radius 2 is 1.75 bits per heavy atom. The van der Waals surface area contributed by atoms with Gasteiger partial charge in [-0.1, -0.05) is 0 Å². The molecular weight excluding hydrogens is 282 g/mol. The van der Waals surface area contributed by atoms with Gasteiger partial charge in [0.05, 0.1) is 19.9 Å². The van der Waals surface area contributed by atoms with E-state index in [1.807, 2.05) is 0 Å². The Bertz CT molecular complexity index is 583. The highest BCUT2D eigenvalue weighted by atomic mass is 32.2. The summed E-state index contributed by atoms with van der Waals surface area (Å²) < 4.78 is 37.0. The lowest BCUT2D eigenvalue weighted by atomic mass is 10.3. The molecule has 112 valence electrons. The lowest BCUT2D eigenvalue weighted by Gasteiger charge is -2.27. The van der Waals surface area contributed by atoms with Gasteiger partial charge in [-0.25, -0.2) is 8.42 Å². The van der Waals surface area contributed by atoms with E-state index in [0.717, 1.165) is 0 Å². The van der Waals surface area contributed by atoms with Crippen LogP contribution >= 0.6 is 0 Å². The summed E-state index contributed by atoms with van der Waals surface area (Å²) in [6, 6.07) is 2.87. The Balaban J connectivity index is 2.49. The summed E-state index contributed by atoms with van der Waals surface area (Å²) in [6.07, 6.45) is 0. The SMILES string of the molecule is COc1cc(S(=O)(=O)N2CCNCC2)c(OC)cc1N. The van der Waals surface area contributed by atoms with Gasteiger partial charge in [-0.3, -0.25) is 0 Å². The van der Waals surface area contributed by atoms with Crippen molar-refractivity contribution in [2.75, 3.05) is 46.1 Å². The zero-order chi connectivity index (χ0) is 14.8. The summed E-state index contributed by atoms with van der Waals surface area (Å²) in [5, 5.41) is 3.12. The molecule has 0 radical (unpaired) electrons. The van der Waals surface area contributed by atoms with E-state index in [1.165, 1.54) is 30.7 Å². The minimum absolute atomic E-state index is 0.0768. The van der Waals surface area contributed by atoms with Gasteiger partial charge in [-0.05, 0) is 0 Å². The highest BCUT2D eigenvalue weighted by Crippen LogP contribution is 2.35. The lowest BCUT2D eigenvalue weighted by molar-refractivity contribution is 0.353. The first kappa shape index (κ1) is 14.9. The second kappa shape index (κ2) is 5.86. The van der Waals surface area contributed by atoms with Crippen molar-refractivity contribution >= 4 is 15.7 Å². The molecule has 1 saturated heterocycles. The number of nitrogens with zero attached hydrogens (tertiary/aromatic N) is 1. The zero-order valence-corrected chi connectivity index (χ0v) is 12.4. The summed E-state index contributed by atoms with van der Waals surface area (Å²) in [5.41, 5.74) is 6.11. The summed E-state index contributed by atoms with van der Waals surface area (Å²) in [6.45, 7) is 2.12. The average Bonchev–Trinajstić information content (AvgIpc) is 2.47. The minimum atomic E-state index is -3.62. The van der Waals surface area contributed by atoms with E-state index in [4.69, 9.17) is 15.2 Å². The van der Waals surface area contributed by atoms with E-state index in [9.17, 15) is 8.42 Å². The number of ether oxygens (including phenoxy) is 2. The number of piperazine rings is 1. The van der Waals surface area contributed by atoms with Crippen molar-refractivity contribution in [3.05, 3.63) is 12.1 Å². The Hall–Kier alpha value is -1.51. The van der Waals surface area contributed by atoms with Gasteiger partial charge in [-0.15, -0.1) is 0 Å². The molecule has 1 heterocycles. The lowest BCUT2D eigenvalue weighted by Crippen LogP contribution is -2.46. The van der Waals surface area contributed by atoms with Gasteiger partial charge in [0.1, 0.15) is 16.4 Å². The van der Waals surface area contributed by atoms with Crippen molar-refractivity contribution in [1.29, 1.82) is 0 Å².